The van der Waals surface area contributed by atoms with E-state index in [4.69, 9.17) is 10.00 Å². The molecule has 2 rings (SSSR count). The summed E-state index contributed by atoms with van der Waals surface area (Å²) >= 11 is 3.27. The highest BCUT2D eigenvalue weighted by Gasteiger charge is 2.19. The number of carbonyl (C=O) groups is 2. The number of anilines is 1. The average Bonchev–Trinajstić information content (AvgIpc) is 2.55. The van der Waals surface area contributed by atoms with Gasteiger partial charge < -0.3 is 10.1 Å². The summed E-state index contributed by atoms with van der Waals surface area (Å²) in [6.07, 6.45) is -0.947. The number of halogens is 1. The Bertz CT molecular complexity index is 766. The summed E-state index contributed by atoms with van der Waals surface area (Å²) in [7, 11) is 0. The van der Waals surface area contributed by atoms with Crippen LogP contribution in [0.4, 0.5) is 5.69 Å². The molecule has 0 spiro atoms. The number of hydrogen-bond acceptors (Lipinski definition) is 4. The van der Waals surface area contributed by atoms with Gasteiger partial charge in [0.25, 0.3) is 5.91 Å². The summed E-state index contributed by atoms with van der Waals surface area (Å²) in [5.74, 6) is -1.02. The van der Waals surface area contributed by atoms with E-state index in [1.807, 2.05) is 6.07 Å². The van der Waals surface area contributed by atoms with Gasteiger partial charge in [0.05, 0.1) is 17.2 Å². The van der Waals surface area contributed by atoms with E-state index in [0.717, 1.165) is 4.47 Å². The summed E-state index contributed by atoms with van der Waals surface area (Å²) in [6, 6.07) is 15.1. The zero-order valence-electron chi connectivity index (χ0n) is 12.2. The molecule has 1 atom stereocenters. The molecule has 0 aliphatic heterocycles. The molecule has 6 heteroatoms. The maximum atomic E-state index is 12.0. The molecule has 5 nitrogen and oxygen atoms in total. The largest absolute Gasteiger partial charge is 0.449 e. The van der Waals surface area contributed by atoms with Crippen molar-refractivity contribution in [3.05, 3.63) is 64.1 Å². The lowest BCUT2D eigenvalue weighted by Crippen LogP contribution is -2.30. The van der Waals surface area contributed by atoms with Gasteiger partial charge in [-0.1, -0.05) is 22.0 Å². The van der Waals surface area contributed by atoms with Crippen LogP contribution in [-0.2, 0) is 9.53 Å². The fourth-order valence-corrected chi connectivity index (χ4v) is 2.17. The summed E-state index contributed by atoms with van der Waals surface area (Å²) in [5.41, 5.74) is 1.38. The predicted molar refractivity (Wildman–Crippen MR) is 88.8 cm³/mol. The molecule has 1 N–H and O–H groups in total. The van der Waals surface area contributed by atoms with Crippen LogP contribution in [0.3, 0.4) is 0 Å². The van der Waals surface area contributed by atoms with Gasteiger partial charge in [0.1, 0.15) is 0 Å². The van der Waals surface area contributed by atoms with Crippen molar-refractivity contribution in [3.8, 4) is 6.07 Å². The number of amides is 1. The van der Waals surface area contributed by atoms with E-state index in [-0.39, 0.29) is 0 Å². The highest BCUT2D eigenvalue weighted by Crippen LogP contribution is 2.14. The Hall–Kier alpha value is -2.65. The van der Waals surface area contributed by atoms with Gasteiger partial charge in [-0.3, -0.25) is 4.79 Å². The van der Waals surface area contributed by atoms with Gasteiger partial charge in [0.2, 0.25) is 0 Å². The van der Waals surface area contributed by atoms with Crippen LogP contribution in [0, 0.1) is 11.3 Å². The molecule has 0 heterocycles. The monoisotopic (exact) mass is 372 g/mol. The highest BCUT2D eigenvalue weighted by atomic mass is 79.9. The van der Waals surface area contributed by atoms with E-state index in [2.05, 4.69) is 21.2 Å². The molecule has 0 radical (unpaired) electrons. The molecule has 0 saturated heterocycles. The first-order valence-corrected chi connectivity index (χ1v) is 7.56. The number of carbonyl (C=O) groups excluding carboxylic acids is 2. The Morgan fingerprint density at radius 2 is 1.91 bits per heavy atom. The summed E-state index contributed by atoms with van der Waals surface area (Å²) < 4.78 is 5.90. The maximum absolute atomic E-state index is 12.0. The summed E-state index contributed by atoms with van der Waals surface area (Å²) in [4.78, 5) is 24.0. The van der Waals surface area contributed by atoms with Crippen LogP contribution in [0.1, 0.15) is 22.8 Å². The van der Waals surface area contributed by atoms with Crippen molar-refractivity contribution in [1.82, 2.24) is 0 Å². The van der Waals surface area contributed by atoms with Crippen LogP contribution in [0.15, 0.2) is 53.0 Å². The van der Waals surface area contributed by atoms with Crippen molar-refractivity contribution in [2.45, 2.75) is 13.0 Å². The van der Waals surface area contributed by atoms with Crippen LogP contribution >= 0.6 is 15.9 Å². The zero-order chi connectivity index (χ0) is 16.8. The molecule has 2 aromatic carbocycles. The third-order valence-electron chi connectivity index (χ3n) is 2.99. The van der Waals surface area contributed by atoms with Crippen LogP contribution < -0.4 is 5.32 Å². The highest BCUT2D eigenvalue weighted by molar-refractivity contribution is 9.10. The minimum absolute atomic E-state index is 0.359. The molecule has 23 heavy (non-hydrogen) atoms. The molecule has 0 aliphatic rings. The Kier molecular flexibility index (Phi) is 5.50. The molecular formula is C17H13BrN2O3. The topological polar surface area (TPSA) is 79.2 Å². The summed E-state index contributed by atoms with van der Waals surface area (Å²) in [6.45, 7) is 1.49. The molecule has 1 amide bonds. The lowest BCUT2D eigenvalue weighted by molar-refractivity contribution is -0.123. The Morgan fingerprint density at radius 3 is 2.52 bits per heavy atom. The minimum Gasteiger partial charge on any atom is -0.449 e. The Labute approximate surface area is 142 Å². The number of rotatable bonds is 4. The molecule has 0 unspecified atom stereocenters. The molecular weight excluding hydrogens is 360 g/mol. The molecule has 116 valence electrons. The van der Waals surface area contributed by atoms with Gasteiger partial charge in [0.15, 0.2) is 6.10 Å². The van der Waals surface area contributed by atoms with E-state index in [9.17, 15) is 9.59 Å². The lowest BCUT2D eigenvalue weighted by atomic mass is 10.2. The molecule has 0 saturated carbocycles. The maximum Gasteiger partial charge on any atom is 0.338 e. The number of benzene rings is 2. The van der Waals surface area contributed by atoms with Gasteiger partial charge in [-0.15, -0.1) is 0 Å². The molecule has 0 aliphatic carbocycles. The second kappa shape index (κ2) is 7.56. The van der Waals surface area contributed by atoms with Crippen molar-refractivity contribution in [1.29, 1.82) is 5.26 Å². The normalized spacial score (nSPS) is 11.2. The Balaban J connectivity index is 1.96. The van der Waals surface area contributed by atoms with E-state index >= 15 is 0 Å². The first-order chi connectivity index (χ1) is 11.0. The molecule has 2 aromatic rings. The average molecular weight is 373 g/mol. The fourth-order valence-electron chi connectivity index (χ4n) is 1.77. The number of nitriles is 1. The number of nitrogens with zero attached hydrogens (tertiary/aromatic N) is 1. The van der Waals surface area contributed by atoms with Crippen molar-refractivity contribution in [2.75, 3.05) is 5.32 Å². The van der Waals surface area contributed by atoms with Crippen LogP contribution in [0.2, 0.25) is 0 Å². The second-order valence-corrected chi connectivity index (χ2v) is 5.65. The summed E-state index contributed by atoms with van der Waals surface area (Å²) in [5, 5.41) is 11.4. The number of ether oxygens (including phenoxy) is 1. The van der Waals surface area contributed by atoms with E-state index in [1.165, 1.54) is 6.92 Å². The van der Waals surface area contributed by atoms with E-state index < -0.39 is 18.0 Å². The minimum atomic E-state index is -0.947. The van der Waals surface area contributed by atoms with Gasteiger partial charge in [0, 0.05) is 10.2 Å². The van der Waals surface area contributed by atoms with Crippen LogP contribution in [-0.4, -0.2) is 18.0 Å². The van der Waals surface area contributed by atoms with Gasteiger partial charge in [-0.05, 0) is 49.4 Å². The van der Waals surface area contributed by atoms with Crippen molar-refractivity contribution in [2.24, 2.45) is 0 Å². The first kappa shape index (κ1) is 16.7. The third kappa shape index (κ3) is 4.66. The molecule has 0 fully saturated rings. The fraction of sp³-hybridized carbons (Fsp3) is 0.118. The number of hydrogen-bond donors (Lipinski definition) is 1. The van der Waals surface area contributed by atoms with Gasteiger partial charge in [-0.25, -0.2) is 4.79 Å². The van der Waals surface area contributed by atoms with Crippen molar-refractivity contribution < 1.29 is 14.3 Å². The zero-order valence-corrected chi connectivity index (χ0v) is 13.8. The van der Waals surface area contributed by atoms with Crippen molar-refractivity contribution >= 4 is 33.5 Å². The van der Waals surface area contributed by atoms with E-state index in [0.29, 0.717) is 16.8 Å². The Morgan fingerprint density at radius 1 is 1.22 bits per heavy atom. The standard InChI is InChI=1S/C17H13BrN2O3/c1-11(23-17(22)13-3-2-4-14(18)9-13)16(21)20-15-7-5-12(10-19)6-8-15/h2-9,11H,1H3,(H,20,21)/t11-/m1/s1. The first-order valence-electron chi connectivity index (χ1n) is 6.77. The number of nitrogens with one attached hydrogen (secondary N) is 1. The van der Waals surface area contributed by atoms with E-state index in [1.54, 1.807) is 48.5 Å². The lowest BCUT2D eigenvalue weighted by Gasteiger charge is -2.13. The molecule has 0 aromatic heterocycles. The predicted octanol–water partition coefficient (Wildman–Crippen LogP) is 3.50. The number of esters is 1. The second-order valence-electron chi connectivity index (χ2n) is 4.74. The SMILES string of the molecule is C[C@@H](OC(=O)c1cccc(Br)c1)C(=O)Nc1ccc(C#N)cc1. The third-order valence-corrected chi connectivity index (χ3v) is 3.49. The van der Waals surface area contributed by atoms with Gasteiger partial charge in [-0.2, -0.15) is 5.26 Å². The van der Waals surface area contributed by atoms with Crippen molar-refractivity contribution in [3.63, 3.8) is 0 Å². The smallest absolute Gasteiger partial charge is 0.338 e. The van der Waals surface area contributed by atoms with Crippen LogP contribution in [0.25, 0.3) is 0 Å². The molecule has 0 bridgehead atoms. The van der Waals surface area contributed by atoms with Gasteiger partial charge >= 0.3 is 5.97 Å². The van der Waals surface area contributed by atoms with Crippen LogP contribution in [0.5, 0.6) is 0 Å². The quantitative estimate of drug-likeness (QED) is 0.832.